The first kappa shape index (κ1) is 22.0. The van der Waals surface area contributed by atoms with Crippen LogP contribution in [0, 0.1) is 0 Å². The normalized spacial score (nSPS) is 12.5. The molecule has 3 heteroatoms. The molecule has 0 unspecified atom stereocenters. The average Bonchev–Trinajstić information content (AvgIpc) is 3.02. The Hall–Kier alpha value is -5.02. The Morgan fingerprint density at radius 1 is 0.385 bits per heavy atom. The summed E-state index contributed by atoms with van der Waals surface area (Å²) in [6.45, 7) is -0.0153. The molecule has 2 nitrogen and oxygen atoms in total. The van der Waals surface area contributed by atoms with Crippen LogP contribution in [0.1, 0.15) is 0 Å². The molecule has 0 saturated carbocycles. The van der Waals surface area contributed by atoms with E-state index in [4.69, 9.17) is 9.47 Å². The van der Waals surface area contributed by atoms with Crippen LogP contribution in [0.3, 0.4) is 0 Å². The van der Waals surface area contributed by atoms with Gasteiger partial charge in [-0.2, -0.15) is 0 Å². The van der Waals surface area contributed by atoms with Gasteiger partial charge in [0, 0.05) is 16.6 Å². The highest BCUT2D eigenvalue weighted by Crippen LogP contribution is 2.43. The first-order valence-electron chi connectivity index (χ1n) is 13.3. The van der Waals surface area contributed by atoms with E-state index in [-0.39, 0.29) is 6.71 Å². The minimum Gasteiger partial charge on any atom is -0.458 e. The van der Waals surface area contributed by atoms with Gasteiger partial charge in [-0.3, -0.25) is 0 Å². The van der Waals surface area contributed by atoms with Crippen LogP contribution in [0.25, 0.3) is 33.4 Å². The Bertz CT molecular complexity index is 1850. The smallest absolute Gasteiger partial charge is 0.260 e. The zero-order valence-electron chi connectivity index (χ0n) is 21.2. The van der Waals surface area contributed by atoms with Crippen LogP contribution in [0.4, 0.5) is 0 Å². The van der Waals surface area contributed by atoms with E-state index in [9.17, 15) is 0 Å². The fourth-order valence-electron chi connectivity index (χ4n) is 6.02. The highest BCUT2D eigenvalue weighted by molar-refractivity contribution is 6.98. The lowest BCUT2D eigenvalue weighted by atomic mass is 9.34. The quantitative estimate of drug-likeness (QED) is 0.236. The van der Waals surface area contributed by atoms with E-state index in [2.05, 4.69) is 133 Å². The summed E-state index contributed by atoms with van der Waals surface area (Å²) in [5.74, 6) is 3.53. The molecule has 6 aromatic rings. The van der Waals surface area contributed by atoms with Crippen molar-refractivity contribution < 1.29 is 9.47 Å². The molecule has 8 rings (SSSR count). The highest BCUT2D eigenvalue weighted by atomic mass is 16.5. The third-order valence-corrected chi connectivity index (χ3v) is 7.82. The van der Waals surface area contributed by atoms with Crippen molar-refractivity contribution in [3.63, 3.8) is 0 Å². The first-order valence-corrected chi connectivity index (χ1v) is 13.3. The van der Waals surface area contributed by atoms with Gasteiger partial charge in [-0.05, 0) is 51.4 Å². The summed E-state index contributed by atoms with van der Waals surface area (Å²) in [7, 11) is 0. The zero-order chi connectivity index (χ0) is 25.8. The number of benzene rings is 6. The lowest BCUT2D eigenvalue weighted by Gasteiger charge is -2.35. The van der Waals surface area contributed by atoms with Crippen LogP contribution < -0.4 is 25.9 Å². The van der Waals surface area contributed by atoms with Gasteiger partial charge in [0.05, 0.1) is 0 Å². The van der Waals surface area contributed by atoms with E-state index in [1.54, 1.807) is 0 Å². The Balaban J connectivity index is 1.41. The van der Waals surface area contributed by atoms with Gasteiger partial charge in [-0.1, -0.05) is 121 Å². The predicted molar refractivity (Wildman–Crippen MR) is 160 cm³/mol. The third kappa shape index (κ3) is 3.51. The molecular formula is C36H23BO2. The second-order valence-electron chi connectivity index (χ2n) is 10.1. The van der Waals surface area contributed by atoms with Crippen LogP contribution in [0.5, 0.6) is 23.0 Å². The van der Waals surface area contributed by atoms with E-state index in [1.165, 1.54) is 11.1 Å². The van der Waals surface area contributed by atoms with Crippen molar-refractivity contribution in [1.29, 1.82) is 0 Å². The van der Waals surface area contributed by atoms with Gasteiger partial charge in [0.2, 0.25) is 0 Å². The van der Waals surface area contributed by atoms with Crippen LogP contribution >= 0.6 is 0 Å². The molecule has 0 aliphatic carbocycles. The van der Waals surface area contributed by atoms with Crippen molar-refractivity contribution in [3.8, 4) is 56.4 Å². The number of ether oxygens (including phenoxy) is 2. The van der Waals surface area contributed by atoms with Crippen molar-refractivity contribution >= 4 is 23.1 Å². The Labute approximate surface area is 228 Å². The Morgan fingerprint density at radius 2 is 1.00 bits per heavy atom. The largest absolute Gasteiger partial charge is 0.458 e. The van der Waals surface area contributed by atoms with E-state index in [0.717, 1.165) is 61.6 Å². The molecule has 0 atom stereocenters. The van der Waals surface area contributed by atoms with Gasteiger partial charge in [0.15, 0.2) is 0 Å². The number of fused-ring (bicyclic) bond motifs is 4. The van der Waals surface area contributed by atoms with Crippen molar-refractivity contribution in [1.82, 2.24) is 0 Å². The minimum absolute atomic E-state index is 0.0153. The number of hydrogen-bond donors (Lipinski definition) is 0. The van der Waals surface area contributed by atoms with Crippen molar-refractivity contribution in [2.75, 3.05) is 0 Å². The number of hydrogen-bond acceptors (Lipinski definition) is 2. The molecular weight excluding hydrogens is 475 g/mol. The van der Waals surface area contributed by atoms with Gasteiger partial charge in [-0.25, -0.2) is 0 Å². The van der Waals surface area contributed by atoms with Gasteiger partial charge >= 0.3 is 0 Å². The number of para-hydroxylation sites is 1. The summed E-state index contributed by atoms with van der Waals surface area (Å²) in [6, 6.07) is 48.8. The Morgan fingerprint density at radius 3 is 1.69 bits per heavy atom. The summed E-state index contributed by atoms with van der Waals surface area (Å²) in [6.07, 6.45) is 0. The Kier molecular flexibility index (Phi) is 4.96. The molecule has 2 aliphatic rings. The molecule has 2 aliphatic heterocycles. The second-order valence-corrected chi connectivity index (χ2v) is 10.1. The maximum absolute atomic E-state index is 6.95. The van der Waals surface area contributed by atoms with Crippen molar-refractivity contribution in [2.45, 2.75) is 0 Å². The van der Waals surface area contributed by atoms with E-state index < -0.39 is 0 Å². The van der Waals surface area contributed by atoms with Crippen LogP contribution in [0.15, 0.2) is 140 Å². The van der Waals surface area contributed by atoms with Gasteiger partial charge < -0.3 is 9.47 Å². The maximum atomic E-state index is 6.95. The maximum Gasteiger partial charge on any atom is 0.260 e. The lowest BCUT2D eigenvalue weighted by molar-refractivity contribution is 0.466. The molecule has 0 saturated heterocycles. The molecule has 39 heavy (non-hydrogen) atoms. The highest BCUT2D eigenvalue weighted by Gasteiger charge is 2.42. The van der Waals surface area contributed by atoms with Gasteiger partial charge in [-0.15, -0.1) is 0 Å². The summed E-state index contributed by atoms with van der Waals surface area (Å²) in [5, 5.41) is 0. The van der Waals surface area contributed by atoms with E-state index >= 15 is 0 Å². The van der Waals surface area contributed by atoms with Crippen LogP contribution in [0.2, 0.25) is 0 Å². The SMILES string of the molecule is c1ccc(-c2ccc3c(c2)B2c4cccc(-c5ccccc5)c4Oc4c(-c5ccccc5)ccc(c42)O3)cc1. The molecule has 182 valence electrons. The summed E-state index contributed by atoms with van der Waals surface area (Å²) in [4.78, 5) is 0. The van der Waals surface area contributed by atoms with Crippen molar-refractivity contribution in [3.05, 3.63) is 140 Å². The molecule has 0 aromatic heterocycles. The fraction of sp³-hybridized carbons (Fsp3) is 0. The van der Waals surface area contributed by atoms with E-state index in [1.807, 2.05) is 6.07 Å². The van der Waals surface area contributed by atoms with E-state index in [0.29, 0.717) is 0 Å². The monoisotopic (exact) mass is 498 g/mol. The fourth-order valence-corrected chi connectivity index (χ4v) is 6.02. The van der Waals surface area contributed by atoms with Crippen LogP contribution in [-0.4, -0.2) is 6.71 Å². The molecule has 0 N–H and O–H groups in total. The van der Waals surface area contributed by atoms with Crippen LogP contribution in [-0.2, 0) is 0 Å². The predicted octanol–water partition coefficient (Wildman–Crippen LogP) is 7.42. The zero-order valence-corrected chi connectivity index (χ0v) is 21.2. The topological polar surface area (TPSA) is 18.5 Å². The number of rotatable bonds is 3. The second kappa shape index (κ2) is 8.78. The lowest BCUT2D eigenvalue weighted by Crippen LogP contribution is -2.57. The minimum atomic E-state index is -0.0153. The summed E-state index contributed by atoms with van der Waals surface area (Å²) in [5.41, 5.74) is 10.2. The molecule has 0 fully saturated rings. The first-order chi connectivity index (χ1) is 19.3. The summed E-state index contributed by atoms with van der Waals surface area (Å²) >= 11 is 0. The van der Waals surface area contributed by atoms with Gasteiger partial charge in [0.1, 0.15) is 23.0 Å². The van der Waals surface area contributed by atoms with Gasteiger partial charge in [0.25, 0.3) is 6.71 Å². The molecule has 0 radical (unpaired) electrons. The molecule has 6 aromatic carbocycles. The standard InChI is InChI=1S/C36H23BO2/c1-4-11-24(12-5-1)27-19-21-32-31(23-27)37-30-18-10-17-28(25-13-6-2-7-14-25)35(30)39-36-29(26-15-8-3-9-16-26)20-22-33(38-32)34(36)37/h1-23H. The van der Waals surface area contributed by atoms with Crippen molar-refractivity contribution in [2.24, 2.45) is 0 Å². The third-order valence-electron chi connectivity index (χ3n) is 7.82. The molecule has 0 spiro atoms. The molecule has 2 heterocycles. The molecule has 0 amide bonds. The summed E-state index contributed by atoms with van der Waals surface area (Å²) < 4.78 is 13.5. The molecule has 0 bridgehead atoms. The average molecular weight is 498 g/mol.